The molecule has 0 bridgehead atoms. The van der Waals surface area contributed by atoms with Gasteiger partial charge in [-0.1, -0.05) is 6.07 Å². The van der Waals surface area contributed by atoms with Crippen LogP contribution in [0.1, 0.15) is 60.3 Å². The standard InChI is InChI=1S/C23H37N3O4S/c1-16-14-26(15-17(2)30-16)21-8-6-7-20(13-21)24-22(27)18-9-11-19(12-10-18)25-31(28,29)23(3,4)5/h6-8,13,16-19,25H,9-12,14-15H2,1-5H3,(H,24,27)/t16-,17+,18?,19?. The fourth-order valence-corrected chi connectivity index (χ4v) is 5.31. The van der Waals surface area contributed by atoms with Gasteiger partial charge in [-0.15, -0.1) is 0 Å². The van der Waals surface area contributed by atoms with Crippen molar-refractivity contribution in [3.63, 3.8) is 0 Å². The zero-order valence-corrected chi connectivity index (χ0v) is 20.2. The molecule has 0 aromatic heterocycles. The Kier molecular flexibility index (Phi) is 7.33. The average molecular weight is 452 g/mol. The van der Waals surface area contributed by atoms with E-state index in [-0.39, 0.29) is 30.1 Å². The van der Waals surface area contributed by atoms with Gasteiger partial charge in [0.2, 0.25) is 15.9 Å². The SMILES string of the molecule is C[C@@H]1CN(c2cccc(NC(=O)C3CCC(NS(=O)(=O)C(C)(C)C)CC3)c2)C[C@H](C)O1. The summed E-state index contributed by atoms with van der Waals surface area (Å²) in [6, 6.07) is 7.87. The highest BCUT2D eigenvalue weighted by Crippen LogP contribution is 2.28. The van der Waals surface area contributed by atoms with Crippen LogP contribution in [0.5, 0.6) is 0 Å². The van der Waals surface area contributed by atoms with Gasteiger partial charge in [-0.25, -0.2) is 13.1 Å². The molecular formula is C23H37N3O4S. The summed E-state index contributed by atoms with van der Waals surface area (Å²) >= 11 is 0. The van der Waals surface area contributed by atoms with Gasteiger partial charge in [0.15, 0.2) is 0 Å². The number of nitrogens with one attached hydrogen (secondary N) is 2. The van der Waals surface area contributed by atoms with E-state index >= 15 is 0 Å². The lowest BCUT2D eigenvalue weighted by Gasteiger charge is -2.37. The monoisotopic (exact) mass is 451 g/mol. The van der Waals surface area contributed by atoms with Crippen molar-refractivity contribution in [2.24, 2.45) is 5.92 Å². The van der Waals surface area contributed by atoms with Crippen molar-refractivity contribution in [3.05, 3.63) is 24.3 Å². The first kappa shape index (κ1) is 24.0. The number of carbonyl (C=O) groups is 1. The van der Waals surface area contributed by atoms with Crippen LogP contribution in [0.2, 0.25) is 0 Å². The molecule has 174 valence electrons. The summed E-state index contributed by atoms with van der Waals surface area (Å²) in [6.07, 6.45) is 3.07. The van der Waals surface area contributed by atoms with Gasteiger partial charge >= 0.3 is 0 Å². The van der Waals surface area contributed by atoms with Crippen LogP contribution in [-0.2, 0) is 19.6 Å². The lowest BCUT2D eigenvalue weighted by Crippen LogP contribution is -2.46. The Morgan fingerprint density at radius 1 is 1.06 bits per heavy atom. The fraction of sp³-hybridized carbons (Fsp3) is 0.696. The highest BCUT2D eigenvalue weighted by molar-refractivity contribution is 7.90. The van der Waals surface area contributed by atoms with E-state index in [1.165, 1.54) is 0 Å². The van der Waals surface area contributed by atoms with Gasteiger partial charge in [0.1, 0.15) is 0 Å². The van der Waals surface area contributed by atoms with E-state index in [0.29, 0.717) is 25.7 Å². The minimum absolute atomic E-state index is 0.0120. The molecule has 1 heterocycles. The second-order valence-electron chi connectivity index (χ2n) is 9.98. The molecule has 1 saturated carbocycles. The first-order valence-electron chi connectivity index (χ1n) is 11.3. The Balaban J connectivity index is 1.55. The highest BCUT2D eigenvalue weighted by Gasteiger charge is 2.34. The molecule has 2 aliphatic rings. The van der Waals surface area contributed by atoms with Crippen LogP contribution >= 0.6 is 0 Å². The van der Waals surface area contributed by atoms with Crippen molar-refractivity contribution in [1.29, 1.82) is 0 Å². The topological polar surface area (TPSA) is 87.7 Å². The normalized spacial score (nSPS) is 27.7. The van der Waals surface area contributed by atoms with Crippen molar-refractivity contribution >= 4 is 27.3 Å². The van der Waals surface area contributed by atoms with E-state index in [4.69, 9.17) is 4.74 Å². The molecule has 1 aromatic carbocycles. The molecule has 7 nitrogen and oxygen atoms in total. The molecule has 2 fully saturated rings. The summed E-state index contributed by atoms with van der Waals surface area (Å²) in [5.74, 6) is -0.0829. The maximum Gasteiger partial charge on any atom is 0.227 e. The summed E-state index contributed by atoms with van der Waals surface area (Å²) in [7, 11) is -3.37. The highest BCUT2D eigenvalue weighted by atomic mass is 32.2. The van der Waals surface area contributed by atoms with E-state index in [1.54, 1.807) is 20.8 Å². The molecule has 0 radical (unpaired) electrons. The van der Waals surface area contributed by atoms with Gasteiger partial charge in [-0.05, 0) is 78.5 Å². The Morgan fingerprint density at radius 3 is 2.26 bits per heavy atom. The van der Waals surface area contributed by atoms with Crippen LogP contribution < -0.4 is 14.9 Å². The van der Waals surface area contributed by atoms with Crippen molar-refractivity contribution in [3.8, 4) is 0 Å². The molecule has 0 unspecified atom stereocenters. The van der Waals surface area contributed by atoms with Gasteiger partial charge in [-0.2, -0.15) is 0 Å². The third-order valence-corrected chi connectivity index (χ3v) is 8.38. The second kappa shape index (κ2) is 9.46. The van der Waals surface area contributed by atoms with Crippen LogP contribution in [0.4, 0.5) is 11.4 Å². The predicted octanol–water partition coefficient (Wildman–Crippen LogP) is 3.52. The minimum atomic E-state index is -3.37. The van der Waals surface area contributed by atoms with Crippen LogP contribution in [0, 0.1) is 5.92 Å². The van der Waals surface area contributed by atoms with E-state index < -0.39 is 14.8 Å². The quantitative estimate of drug-likeness (QED) is 0.715. The van der Waals surface area contributed by atoms with Crippen molar-refractivity contribution in [1.82, 2.24) is 4.72 Å². The van der Waals surface area contributed by atoms with E-state index in [0.717, 1.165) is 24.5 Å². The Hall–Kier alpha value is -1.64. The molecule has 1 aliphatic heterocycles. The van der Waals surface area contributed by atoms with E-state index in [1.807, 2.05) is 18.2 Å². The molecule has 1 amide bonds. The maximum atomic E-state index is 12.8. The molecular weight excluding hydrogens is 414 g/mol. The first-order valence-corrected chi connectivity index (χ1v) is 12.8. The van der Waals surface area contributed by atoms with Crippen molar-refractivity contribution in [2.75, 3.05) is 23.3 Å². The summed E-state index contributed by atoms with van der Waals surface area (Å²) < 4.78 is 32.6. The number of anilines is 2. The third-order valence-electron chi connectivity index (χ3n) is 6.12. The third kappa shape index (κ3) is 6.20. The molecule has 1 saturated heterocycles. The molecule has 8 heteroatoms. The van der Waals surface area contributed by atoms with Crippen LogP contribution in [0.15, 0.2) is 24.3 Å². The second-order valence-corrected chi connectivity index (χ2v) is 12.5. The number of morpholine rings is 1. The predicted molar refractivity (Wildman–Crippen MR) is 125 cm³/mol. The number of sulfonamides is 1. The lowest BCUT2D eigenvalue weighted by atomic mass is 9.86. The van der Waals surface area contributed by atoms with Crippen LogP contribution in [0.25, 0.3) is 0 Å². The number of benzene rings is 1. The summed E-state index contributed by atoms with van der Waals surface area (Å²) in [5, 5.41) is 3.07. The number of rotatable bonds is 5. The minimum Gasteiger partial charge on any atom is -0.372 e. The molecule has 2 atom stereocenters. The van der Waals surface area contributed by atoms with Gasteiger partial charge in [0.05, 0.1) is 17.0 Å². The first-order chi connectivity index (χ1) is 14.4. The van der Waals surface area contributed by atoms with Gasteiger partial charge in [-0.3, -0.25) is 4.79 Å². The average Bonchev–Trinajstić information content (AvgIpc) is 2.67. The number of ether oxygens (including phenoxy) is 1. The van der Waals surface area contributed by atoms with Gasteiger partial charge in [0, 0.05) is 36.4 Å². The van der Waals surface area contributed by atoms with Gasteiger partial charge in [0.25, 0.3) is 0 Å². The smallest absolute Gasteiger partial charge is 0.227 e. The van der Waals surface area contributed by atoms with Crippen LogP contribution in [0.3, 0.4) is 0 Å². The number of hydrogen-bond donors (Lipinski definition) is 2. The molecule has 2 N–H and O–H groups in total. The zero-order chi connectivity index (χ0) is 22.8. The molecule has 0 spiro atoms. The number of nitrogens with zero attached hydrogens (tertiary/aromatic N) is 1. The number of carbonyl (C=O) groups excluding carboxylic acids is 1. The molecule has 3 rings (SSSR count). The summed E-state index contributed by atoms with van der Waals surface area (Å²) in [4.78, 5) is 15.1. The van der Waals surface area contributed by atoms with E-state index in [2.05, 4.69) is 34.9 Å². The molecule has 1 aliphatic carbocycles. The maximum absolute atomic E-state index is 12.8. The molecule has 1 aromatic rings. The lowest BCUT2D eigenvalue weighted by molar-refractivity contribution is -0.120. The van der Waals surface area contributed by atoms with E-state index in [9.17, 15) is 13.2 Å². The molecule has 31 heavy (non-hydrogen) atoms. The fourth-order valence-electron chi connectivity index (χ4n) is 4.28. The number of hydrogen-bond acceptors (Lipinski definition) is 5. The van der Waals surface area contributed by atoms with Crippen molar-refractivity contribution in [2.45, 2.75) is 83.3 Å². The summed E-state index contributed by atoms with van der Waals surface area (Å²) in [6.45, 7) is 10.9. The van der Waals surface area contributed by atoms with Crippen LogP contribution in [-0.4, -0.2) is 50.4 Å². The van der Waals surface area contributed by atoms with Crippen molar-refractivity contribution < 1.29 is 17.9 Å². The summed E-state index contributed by atoms with van der Waals surface area (Å²) in [5.41, 5.74) is 1.88. The number of amides is 1. The Bertz CT molecular complexity index is 863. The largest absolute Gasteiger partial charge is 0.372 e. The zero-order valence-electron chi connectivity index (χ0n) is 19.3. The van der Waals surface area contributed by atoms with Gasteiger partial charge < -0.3 is 15.0 Å². The Labute approximate surface area is 187 Å². The Morgan fingerprint density at radius 2 is 1.68 bits per heavy atom.